The lowest BCUT2D eigenvalue weighted by Crippen LogP contribution is -1.97. The van der Waals surface area contributed by atoms with Gasteiger partial charge in [-0.2, -0.15) is 0 Å². The number of para-hydroxylation sites is 3. The molecule has 124 valence electrons. The number of rotatable bonds is 2. The van der Waals surface area contributed by atoms with Crippen LogP contribution in [-0.2, 0) is 0 Å². The van der Waals surface area contributed by atoms with Gasteiger partial charge in [-0.25, -0.2) is 9.97 Å². The Labute approximate surface area is 150 Å². The van der Waals surface area contributed by atoms with Crippen molar-refractivity contribution in [1.82, 2.24) is 14.4 Å². The minimum atomic E-state index is 0.233. The van der Waals surface area contributed by atoms with Crippen molar-refractivity contribution in [3.63, 3.8) is 0 Å². The van der Waals surface area contributed by atoms with Gasteiger partial charge in [0.15, 0.2) is 0 Å². The highest BCUT2D eigenvalue weighted by molar-refractivity contribution is 5.85. The number of aromatic hydroxyl groups is 1. The van der Waals surface area contributed by atoms with Gasteiger partial charge in [-0.15, -0.1) is 0 Å². The van der Waals surface area contributed by atoms with Gasteiger partial charge in [0.1, 0.15) is 5.75 Å². The summed E-state index contributed by atoms with van der Waals surface area (Å²) in [5.74, 6) is 0.850. The third-order valence-electron chi connectivity index (χ3n) is 4.53. The minimum Gasteiger partial charge on any atom is -0.507 e. The summed E-state index contributed by atoms with van der Waals surface area (Å²) in [5.41, 5.74) is 5.29. The third kappa shape index (κ3) is 2.24. The van der Waals surface area contributed by atoms with E-state index in [4.69, 9.17) is 4.98 Å². The van der Waals surface area contributed by atoms with Gasteiger partial charge in [-0.05, 0) is 30.3 Å². The van der Waals surface area contributed by atoms with Crippen molar-refractivity contribution in [2.75, 3.05) is 0 Å². The zero-order valence-corrected chi connectivity index (χ0v) is 13.9. The highest BCUT2D eigenvalue weighted by Crippen LogP contribution is 2.33. The van der Waals surface area contributed by atoms with Gasteiger partial charge in [0, 0.05) is 11.1 Å². The number of fused-ring (bicyclic) bond motifs is 3. The lowest BCUT2D eigenvalue weighted by atomic mass is 10.1. The fourth-order valence-corrected chi connectivity index (χ4v) is 3.31. The molecule has 0 bridgehead atoms. The van der Waals surface area contributed by atoms with Crippen LogP contribution in [-0.4, -0.2) is 19.5 Å². The summed E-state index contributed by atoms with van der Waals surface area (Å²) in [6.45, 7) is 0. The van der Waals surface area contributed by atoms with Crippen LogP contribution >= 0.6 is 0 Å². The summed E-state index contributed by atoms with van der Waals surface area (Å²) in [6.07, 6.45) is 0. The van der Waals surface area contributed by atoms with Gasteiger partial charge in [0.2, 0.25) is 5.78 Å². The highest BCUT2D eigenvalue weighted by atomic mass is 16.3. The van der Waals surface area contributed by atoms with E-state index in [2.05, 4.69) is 4.98 Å². The van der Waals surface area contributed by atoms with E-state index in [1.807, 2.05) is 83.3 Å². The molecule has 0 saturated heterocycles. The zero-order chi connectivity index (χ0) is 17.5. The first-order valence-electron chi connectivity index (χ1n) is 8.43. The van der Waals surface area contributed by atoms with Crippen molar-refractivity contribution in [3.8, 4) is 28.3 Å². The Hall–Kier alpha value is -3.66. The molecule has 0 saturated carbocycles. The molecule has 1 N–H and O–H groups in total. The normalized spacial score (nSPS) is 11.2. The predicted octanol–water partition coefficient (Wildman–Crippen LogP) is 4.92. The first kappa shape index (κ1) is 14.7. The van der Waals surface area contributed by atoms with Crippen LogP contribution < -0.4 is 0 Å². The van der Waals surface area contributed by atoms with Crippen LogP contribution in [0.3, 0.4) is 0 Å². The standard InChI is InChI=1S/C22H15N3O/c26-21-13-7-4-10-16(21)20-14-18(15-8-2-1-3-9-15)24-22-23-17-11-5-6-12-19(17)25(20)22/h1-14,26H. The Morgan fingerprint density at radius 3 is 2.31 bits per heavy atom. The molecule has 0 atom stereocenters. The fourth-order valence-electron chi connectivity index (χ4n) is 3.31. The molecule has 0 aliphatic rings. The molecule has 0 fully saturated rings. The van der Waals surface area contributed by atoms with E-state index in [0.717, 1.165) is 33.5 Å². The SMILES string of the molecule is Oc1ccccc1-c1cc(-c2ccccc2)nc2nc3ccccc3n12. The molecule has 4 heteroatoms. The quantitative estimate of drug-likeness (QED) is 0.497. The number of imidazole rings is 1. The maximum absolute atomic E-state index is 10.4. The molecule has 26 heavy (non-hydrogen) atoms. The summed E-state index contributed by atoms with van der Waals surface area (Å²) in [4.78, 5) is 9.46. The van der Waals surface area contributed by atoms with Crippen LogP contribution in [0.15, 0.2) is 84.9 Å². The fraction of sp³-hybridized carbons (Fsp3) is 0. The second kappa shape index (κ2) is 5.70. The summed E-state index contributed by atoms with van der Waals surface area (Å²) in [5, 5.41) is 10.4. The van der Waals surface area contributed by atoms with Gasteiger partial charge in [0.05, 0.1) is 22.4 Å². The van der Waals surface area contributed by atoms with E-state index in [9.17, 15) is 5.11 Å². The lowest BCUT2D eigenvalue weighted by Gasteiger charge is -2.11. The van der Waals surface area contributed by atoms with Gasteiger partial charge in [-0.1, -0.05) is 54.6 Å². The maximum atomic E-state index is 10.4. The van der Waals surface area contributed by atoms with Crippen LogP contribution in [0.2, 0.25) is 0 Å². The Kier molecular flexibility index (Phi) is 3.22. The number of nitrogens with zero attached hydrogens (tertiary/aromatic N) is 3. The Bertz CT molecular complexity index is 1240. The first-order valence-corrected chi connectivity index (χ1v) is 8.43. The van der Waals surface area contributed by atoms with Gasteiger partial charge < -0.3 is 5.11 Å². The van der Waals surface area contributed by atoms with Crippen molar-refractivity contribution < 1.29 is 5.11 Å². The number of benzene rings is 3. The van der Waals surface area contributed by atoms with Crippen molar-refractivity contribution in [3.05, 3.63) is 84.9 Å². The Morgan fingerprint density at radius 1 is 0.731 bits per heavy atom. The number of hydrogen-bond acceptors (Lipinski definition) is 3. The molecule has 0 radical (unpaired) electrons. The minimum absolute atomic E-state index is 0.233. The molecular formula is C22H15N3O. The second-order valence-corrected chi connectivity index (χ2v) is 6.15. The van der Waals surface area contributed by atoms with E-state index >= 15 is 0 Å². The molecule has 0 amide bonds. The van der Waals surface area contributed by atoms with E-state index in [1.165, 1.54) is 0 Å². The average Bonchev–Trinajstić information content (AvgIpc) is 3.07. The lowest BCUT2D eigenvalue weighted by molar-refractivity contribution is 0.477. The summed E-state index contributed by atoms with van der Waals surface area (Å²) in [7, 11) is 0. The molecule has 3 aromatic carbocycles. The number of aromatic nitrogens is 3. The molecule has 5 aromatic rings. The summed E-state index contributed by atoms with van der Waals surface area (Å²) < 4.78 is 2.00. The van der Waals surface area contributed by atoms with Crippen LogP contribution in [0.25, 0.3) is 39.3 Å². The largest absolute Gasteiger partial charge is 0.507 e. The van der Waals surface area contributed by atoms with Crippen LogP contribution in [0, 0.1) is 0 Å². The Balaban J connectivity index is 1.92. The second-order valence-electron chi connectivity index (χ2n) is 6.15. The van der Waals surface area contributed by atoms with Gasteiger partial charge >= 0.3 is 0 Å². The Morgan fingerprint density at radius 2 is 1.46 bits per heavy atom. The summed E-state index contributed by atoms with van der Waals surface area (Å²) in [6, 6.07) is 27.3. The molecule has 0 aliphatic carbocycles. The van der Waals surface area contributed by atoms with Gasteiger partial charge in [0.25, 0.3) is 0 Å². The van der Waals surface area contributed by atoms with Crippen molar-refractivity contribution >= 4 is 16.8 Å². The number of hydrogen-bond donors (Lipinski definition) is 1. The average molecular weight is 337 g/mol. The molecule has 0 spiro atoms. The summed E-state index contributed by atoms with van der Waals surface area (Å²) >= 11 is 0. The van der Waals surface area contributed by atoms with E-state index in [-0.39, 0.29) is 5.75 Å². The van der Waals surface area contributed by atoms with Crippen molar-refractivity contribution in [2.24, 2.45) is 0 Å². The predicted molar refractivity (Wildman–Crippen MR) is 103 cm³/mol. The topological polar surface area (TPSA) is 50.4 Å². The maximum Gasteiger partial charge on any atom is 0.235 e. The molecule has 2 heterocycles. The van der Waals surface area contributed by atoms with E-state index in [0.29, 0.717) is 5.78 Å². The van der Waals surface area contributed by atoms with E-state index < -0.39 is 0 Å². The molecule has 0 unspecified atom stereocenters. The van der Waals surface area contributed by atoms with E-state index in [1.54, 1.807) is 6.07 Å². The smallest absolute Gasteiger partial charge is 0.235 e. The molecular weight excluding hydrogens is 322 g/mol. The first-order chi connectivity index (χ1) is 12.8. The molecule has 2 aromatic heterocycles. The van der Waals surface area contributed by atoms with Crippen LogP contribution in [0.1, 0.15) is 0 Å². The van der Waals surface area contributed by atoms with Gasteiger partial charge in [-0.3, -0.25) is 4.40 Å². The number of phenols is 1. The third-order valence-corrected chi connectivity index (χ3v) is 4.53. The molecule has 0 aliphatic heterocycles. The monoisotopic (exact) mass is 337 g/mol. The van der Waals surface area contributed by atoms with Crippen molar-refractivity contribution in [1.29, 1.82) is 0 Å². The number of phenolic OH excluding ortho intramolecular Hbond substituents is 1. The zero-order valence-electron chi connectivity index (χ0n) is 13.9. The van der Waals surface area contributed by atoms with Crippen LogP contribution in [0.4, 0.5) is 0 Å². The van der Waals surface area contributed by atoms with Crippen LogP contribution in [0.5, 0.6) is 5.75 Å². The highest BCUT2D eigenvalue weighted by Gasteiger charge is 2.15. The molecule has 5 rings (SSSR count). The van der Waals surface area contributed by atoms with Crippen molar-refractivity contribution in [2.45, 2.75) is 0 Å². The molecule has 4 nitrogen and oxygen atoms in total.